The molecular weight excluding hydrogens is 346 g/mol. The van der Waals surface area contributed by atoms with Crippen molar-refractivity contribution in [3.05, 3.63) is 49.7 Å². The number of ketones is 1. The molecule has 0 aromatic heterocycles. The van der Waals surface area contributed by atoms with E-state index in [4.69, 9.17) is 23.2 Å². The maximum absolute atomic E-state index is 13.2. The van der Waals surface area contributed by atoms with Gasteiger partial charge in [0.2, 0.25) is 0 Å². The molecule has 0 radical (unpaired) electrons. The second-order valence-electron chi connectivity index (χ2n) is 3.71. The van der Waals surface area contributed by atoms with Gasteiger partial charge in [-0.3, -0.25) is 4.79 Å². The van der Waals surface area contributed by atoms with Crippen molar-refractivity contribution in [3.63, 3.8) is 0 Å². The molecule has 1 aliphatic carbocycles. The SMILES string of the molecule is O=C(C1=CC(Br)=C(F)C1)c1cc(Cl)cc(Cl)c1O. The Morgan fingerprint density at radius 3 is 2.61 bits per heavy atom. The molecule has 2 nitrogen and oxygen atoms in total. The molecular formula is C12H6BrCl2FO2. The molecule has 1 aromatic carbocycles. The van der Waals surface area contributed by atoms with Crippen molar-refractivity contribution in [2.24, 2.45) is 0 Å². The molecule has 0 heterocycles. The molecule has 18 heavy (non-hydrogen) atoms. The molecule has 0 fully saturated rings. The highest BCUT2D eigenvalue weighted by atomic mass is 79.9. The third-order valence-electron chi connectivity index (χ3n) is 2.47. The first-order valence-corrected chi connectivity index (χ1v) is 6.42. The van der Waals surface area contributed by atoms with Crippen LogP contribution in [0.5, 0.6) is 5.75 Å². The maximum Gasteiger partial charge on any atom is 0.193 e. The highest BCUT2D eigenvalue weighted by molar-refractivity contribution is 9.11. The number of rotatable bonds is 2. The number of benzene rings is 1. The van der Waals surface area contributed by atoms with Crippen LogP contribution in [0.3, 0.4) is 0 Å². The molecule has 0 atom stereocenters. The number of carbonyl (C=O) groups excluding carboxylic acids is 1. The zero-order valence-corrected chi connectivity index (χ0v) is 11.9. The largest absolute Gasteiger partial charge is 0.506 e. The summed E-state index contributed by atoms with van der Waals surface area (Å²) in [4.78, 5) is 12.1. The molecule has 0 spiro atoms. The van der Waals surface area contributed by atoms with E-state index in [1.54, 1.807) is 0 Å². The van der Waals surface area contributed by atoms with Crippen molar-refractivity contribution in [1.29, 1.82) is 0 Å². The number of hydrogen-bond acceptors (Lipinski definition) is 2. The lowest BCUT2D eigenvalue weighted by molar-refractivity contribution is 0.102. The summed E-state index contributed by atoms with van der Waals surface area (Å²) < 4.78 is 13.5. The summed E-state index contributed by atoms with van der Waals surface area (Å²) in [6, 6.07) is 2.63. The Labute approximate surface area is 121 Å². The van der Waals surface area contributed by atoms with E-state index in [0.29, 0.717) is 0 Å². The predicted molar refractivity (Wildman–Crippen MR) is 72.2 cm³/mol. The fourth-order valence-corrected chi connectivity index (χ4v) is 2.50. The lowest BCUT2D eigenvalue weighted by atomic mass is 10.0. The summed E-state index contributed by atoms with van der Waals surface area (Å²) in [5.41, 5.74) is 0.196. The highest BCUT2D eigenvalue weighted by Crippen LogP contribution is 2.36. The van der Waals surface area contributed by atoms with E-state index in [0.717, 1.165) is 0 Å². The number of allylic oxidation sites excluding steroid dienone is 4. The van der Waals surface area contributed by atoms with Crippen molar-refractivity contribution < 1.29 is 14.3 Å². The Bertz CT molecular complexity index is 608. The van der Waals surface area contributed by atoms with Crippen LogP contribution in [-0.2, 0) is 0 Å². The average Bonchev–Trinajstić information content (AvgIpc) is 2.63. The van der Waals surface area contributed by atoms with Crippen LogP contribution < -0.4 is 0 Å². The Morgan fingerprint density at radius 2 is 2.06 bits per heavy atom. The second kappa shape index (κ2) is 5.03. The number of hydrogen-bond donors (Lipinski definition) is 1. The Morgan fingerprint density at radius 1 is 1.39 bits per heavy atom. The number of aromatic hydroxyl groups is 1. The molecule has 0 unspecified atom stereocenters. The maximum atomic E-state index is 13.2. The molecule has 1 aromatic rings. The first kappa shape index (κ1) is 13.6. The Balaban J connectivity index is 2.40. The molecule has 94 valence electrons. The number of phenolic OH excluding ortho intramolecular Hbond substituents is 1. The van der Waals surface area contributed by atoms with Gasteiger partial charge in [-0.25, -0.2) is 4.39 Å². The fourth-order valence-electron chi connectivity index (χ4n) is 1.59. The van der Waals surface area contributed by atoms with E-state index < -0.39 is 11.6 Å². The van der Waals surface area contributed by atoms with Gasteiger partial charge in [-0.15, -0.1) is 0 Å². The highest BCUT2D eigenvalue weighted by Gasteiger charge is 2.24. The van der Waals surface area contributed by atoms with E-state index in [-0.39, 0.29) is 37.8 Å². The summed E-state index contributed by atoms with van der Waals surface area (Å²) in [6.45, 7) is 0. The van der Waals surface area contributed by atoms with Gasteiger partial charge in [-0.05, 0) is 34.1 Å². The van der Waals surface area contributed by atoms with Crippen LogP contribution in [0.4, 0.5) is 4.39 Å². The van der Waals surface area contributed by atoms with Crippen LogP contribution in [0.2, 0.25) is 10.0 Å². The van der Waals surface area contributed by atoms with Crippen LogP contribution in [0.15, 0.2) is 34.1 Å². The van der Waals surface area contributed by atoms with Crippen molar-refractivity contribution in [3.8, 4) is 5.75 Å². The van der Waals surface area contributed by atoms with Gasteiger partial charge in [0.1, 0.15) is 11.6 Å². The molecule has 0 amide bonds. The summed E-state index contributed by atoms with van der Waals surface area (Å²) in [5, 5.41) is 9.94. The lowest BCUT2D eigenvalue weighted by Crippen LogP contribution is -2.03. The first-order chi connectivity index (χ1) is 8.40. The smallest absolute Gasteiger partial charge is 0.193 e. The summed E-state index contributed by atoms with van der Waals surface area (Å²) in [5.74, 6) is -1.28. The molecule has 0 bridgehead atoms. The molecule has 1 N–H and O–H groups in total. The standard InChI is InChI=1S/C12H6BrCl2FO2/c13-8-1-5(2-10(8)16)11(17)7-3-6(14)4-9(15)12(7)18/h1,3-4,18H,2H2. The van der Waals surface area contributed by atoms with E-state index in [1.807, 2.05) is 0 Å². The van der Waals surface area contributed by atoms with Crippen molar-refractivity contribution >= 4 is 44.9 Å². The van der Waals surface area contributed by atoms with Gasteiger partial charge in [0.15, 0.2) is 5.78 Å². The van der Waals surface area contributed by atoms with Crippen molar-refractivity contribution in [2.45, 2.75) is 6.42 Å². The molecule has 6 heteroatoms. The zero-order valence-electron chi connectivity index (χ0n) is 8.81. The van der Waals surface area contributed by atoms with E-state index >= 15 is 0 Å². The molecule has 0 saturated carbocycles. The molecule has 1 aliphatic rings. The molecule has 2 rings (SSSR count). The fraction of sp³-hybridized carbons (Fsp3) is 0.0833. The predicted octanol–water partition coefficient (Wildman–Crippen LogP) is 4.79. The van der Waals surface area contributed by atoms with E-state index in [1.165, 1.54) is 18.2 Å². The van der Waals surface area contributed by atoms with Crippen LogP contribution in [0.25, 0.3) is 0 Å². The summed E-state index contributed by atoms with van der Waals surface area (Å²) in [6.07, 6.45) is 1.27. The number of Topliss-reactive ketones (excluding diaryl/α,β-unsaturated/α-hetero) is 1. The minimum atomic E-state index is -0.499. The normalized spacial score (nSPS) is 15.0. The third kappa shape index (κ3) is 2.46. The number of phenols is 1. The lowest BCUT2D eigenvalue weighted by Gasteiger charge is -2.06. The number of carbonyl (C=O) groups is 1. The van der Waals surface area contributed by atoms with E-state index in [9.17, 15) is 14.3 Å². The van der Waals surface area contributed by atoms with Gasteiger partial charge >= 0.3 is 0 Å². The monoisotopic (exact) mass is 350 g/mol. The minimum Gasteiger partial charge on any atom is -0.506 e. The van der Waals surface area contributed by atoms with Gasteiger partial charge in [0, 0.05) is 21.5 Å². The van der Waals surface area contributed by atoms with Crippen LogP contribution in [0, 0.1) is 0 Å². The third-order valence-corrected chi connectivity index (χ3v) is 3.64. The van der Waals surface area contributed by atoms with Gasteiger partial charge in [-0.1, -0.05) is 23.2 Å². The van der Waals surface area contributed by atoms with Gasteiger partial charge in [-0.2, -0.15) is 0 Å². The topological polar surface area (TPSA) is 37.3 Å². The second-order valence-corrected chi connectivity index (χ2v) is 5.41. The zero-order chi connectivity index (χ0) is 13.4. The van der Waals surface area contributed by atoms with Crippen LogP contribution >= 0.6 is 39.1 Å². The quantitative estimate of drug-likeness (QED) is 0.778. The number of halogens is 4. The van der Waals surface area contributed by atoms with E-state index in [2.05, 4.69) is 15.9 Å². The first-order valence-electron chi connectivity index (χ1n) is 4.87. The Kier molecular flexibility index (Phi) is 3.80. The van der Waals surface area contributed by atoms with Gasteiger partial charge in [0.05, 0.1) is 10.6 Å². The van der Waals surface area contributed by atoms with Crippen molar-refractivity contribution in [2.75, 3.05) is 0 Å². The summed E-state index contributed by atoms with van der Waals surface area (Å²) in [7, 11) is 0. The van der Waals surface area contributed by atoms with Crippen LogP contribution in [-0.4, -0.2) is 10.9 Å². The van der Waals surface area contributed by atoms with Crippen molar-refractivity contribution in [1.82, 2.24) is 0 Å². The minimum absolute atomic E-state index is 0.0167. The average molecular weight is 352 g/mol. The Hall–Kier alpha value is -0.840. The summed E-state index contributed by atoms with van der Waals surface area (Å²) >= 11 is 14.5. The van der Waals surface area contributed by atoms with Crippen LogP contribution in [0.1, 0.15) is 16.8 Å². The molecule has 0 aliphatic heterocycles. The van der Waals surface area contributed by atoms with Gasteiger partial charge < -0.3 is 5.11 Å². The van der Waals surface area contributed by atoms with Gasteiger partial charge in [0.25, 0.3) is 0 Å². The molecule has 0 saturated heterocycles.